The van der Waals surface area contributed by atoms with E-state index in [2.05, 4.69) is 20.9 Å². The Bertz CT molecular complexity index is 286. The molecule has 3 aliphatic heterocycles. The van der Waals surface area contributed by atoms with Crippen LogP contribution in [0.4, 0.5) is 4.79 Å². The second-order valence-corrected chi connectivity index (χ2v) is 4.99. The highest BCUT2D eigenvalue weighted by molar-refractivity contribution is 5.85. The lowest BCUT2D eigenvalue weighted by atomic mass is 10.0. The number of amides is 2. The second-order valence-electron chi connectivity index (χ2n) is 4.99. The number of piperidine rings is 2. The summed E-state index contributed by atoms with van der Waals surface area (Å²) in [5.74, 6) is 0. The van der Waals surface area contributed by atoms with E-state index >= 15 is 0 Å². The molecule has 3 saturated heterocycles. The van der Waals surface area contributed by atoms with E-state index in [4.69, 9.17) is 0 Å². The maximum absolute atomic E-state index is 12.0. The van der Waals surface area contributed by atoms with Gasteiger partial charge in [-0.1, -0.05) is 0 Å². The summed E-state index contributed by atoms with van der Waals surface area (Å²) in [6.45, 7) is 3.11. The molecule has 7 heteroatoms. The van der Waals surface area contributed by atoms with Gasteiger partial charge in [0.15, 0.2) is 0 Å². The highest BCUT2D eigenvalue weighted by Gasteiger charge is 2.43. The maximum Gasteiger partial charge on any atom is 0.319 e. The smallest absolute Gasteiger partial charge is 0.319 e. The zero-order valence-corrected chi connectivity index (χ0v) is 12.0. The molecule has 2 amide bonds. The average Bonchev–Trinajstić information content (AvgIpc) is 2.66. The van der Waals surface area contributed by atoms with Crippen LogP contribution in [0.15, 0.2) is 0 Å². The molecule has 3 aliphatic rings. The molecule has 0 bridgehead atoms. The van der Waals surface area contributed by atoms with Crippen LogP contribution in [0, 0.1) is 0 Å². The predicted molar refractivity (Wildman–Crippen MR) is 75.6 cm³/mol. The molecular formula is C11H22Cl2N4O. The van der Waals surface area contributed by atoms with Gasteiger partial charge in [-0.3, -0.25) is 5.32 Å². The minimum absolute atomic E-state index is 0. The Hall–Kier alpha value is -0.230. The Morgan fingerprint density at radius 1 is 1.06 bits per heavy atom. The third kappa shape index (κ3) is 2.85. The van der Waals surface area contributed by atoms with Crippen LogP contribution in [0.5, 0.6) is 0 Å². The first kappa shape index (κ1) is 15.8. The van der Waals surface area contributed by atoms with E-state index in [0.717, 1.165) is 38.9 Å². The van der Waals surface area contributed by atoms with E-state index in [1.807, 2.05) is 0 Å². The monoisotopic (exact) mass is 296 g/mol. The average molecular weight is 297 g/mol. The van der Waals surface area contributed by atoms with E-state index in [9.17, 15) is 4.79 Å². The molecule has 3 fully saturated rings. The maximum atomic E-state index is 12.0. The van der Waals surface area contributed by atoms with Crippen LogP contribution < -0.4 is 16.0 Å². The zero-order valence-electron chi connectivity index (χ0n) is 10.4. The number of carbonyl (C=O) groups excluding carboxylic acids is 1. The van der Waals surface area contributed by atoms with Gasteiger partial charge in [-0.05, 0) is 45.3 Å². The van der Waals surface area contributed by atoms with Gasteiger partial charge in [-0.25, -0.2) is 4.79 Å². The second kappa shape index (κ2) is 6.80. The van der Waals surface area contributed by atoms with Crippen molar-refractivity contribution < 1.29 is 4.79 Å². The number of urea groups is 1. The lowest BCUT2D eigenvalue weighted by molar-refractivity contribution is 0.126. The summed E-state index contributed by atoms with van der Waals surface area (Å²) in [6.07, 6.45) is 4.69. The van der Waals surface area contributed by atoms with Crippen molar-refractivity contribution in [1.29, 1.82) is 0 Å². The van der Waals surface area contributed by atoms with Gasteiger partial charge in [0.25, 0.3) is 0 Å². The Morgan fingerprint density at radius 2 is 1.78 bits per heavy atom. The van der Waals surface area contributed by atoms with Crippen molar-refractivity contribution >= 4 is 30.8 Å². The summed E-state index contributed by atoms with van der Waals surface area (Å²) in [4.78, 5) is 14.1. The van der Waals surface area contributed by atoms with Gasteiger partial charge in [-0.15, -0.1) is 24.8 Å². The number of rotatable bonds is 1. The molecule has 0 saturated carbocycles. The molecule has 2 atom stereocenters. The summed E-state index contributed by atoms with van der Waals surface area (Å²) >= 11 is 0. The van der Waals surface area contributed by atoms with Gasteiger partial charge >= 0.3 is 6.03 Å². The first-order chi connectivity index (χ1) is 7.86. The van der Waals surface area contributed by atoms with Crippen LogP contribution in [0.25, 0.3) is 0 Å². The van der Waals surface area contributed by atoms with Crippen LogP contribution in [-0.2, 0) is 0 Å². The van der Waals surface area contributed by atoms with E-state index < -0.39 is 0 Å². The Morgan fingerprint density at radius 3 is 2.50 bits per heavy atom. The number of fused-ring (bicyclic) bond motifs is 1. The third-order valence-electron chi connectivity index (χ3n) is 3.97. The molecule has 0 aromatic heterocycles. The Labute approximate surface area is 120 Å². The van der Waals surface area contributed by atoms with Crippen molar-refractivity contribution in [1.82, 2.24) is 20.9 Å². The van der Waals surface area contributed by atoms with Gasteiger partial charge in [0.1, 0.15) is 6.17 Å². The van der Waals surface area contributed by atoms with Crippen molar-refractivity contribution in [3.05, 3.63) is 0 Å². The fourth-order valence-electron chi connectivity index (χ4n) is 3.15. The molecule has 0 spiro atoms. The fraction of sp³-hybridized carbons (Fsp3) is 0.909. The van der Waals surface area contributed by atoms with Crippen molar-refractivity contribution in [3.8, 4) is 0 Å². The molecule has 2 unspecified atom stereocenters. The largest absolute Gasteiger partial charge is 0.332 e. The topological polar surface area (TPSA) is 56.4 Å². The van der Waals surface area contributed by atoms with Gasteiger partial charge in [-0.2, -0.15) is 0 Å². The predicted octanol–water partition coefficient (Wildman–Crippen LogP) is 0.685. The quantitative estimate of drug-likeness (QED) is 0.667. The molecule has 106 valence electrons. The lowest BCUT2D eigenvalue weighted by Gasteiger charge is -2.37. The lowest BCUT2D eigenvalue weighted by Crippen LogP contribution is -2.56. The molecule has 0 aromatic carbocycles. The molecule has 3 N–H and O–H groups in total. The fourth-order valence-corrected chi connectivity index (χ4v) is 3.15. The number of nitrogens with zero attached hydrogens (tertiary/aromatic N) is 1. The van der Waals surface area contributed by atoms with Crippen molar-refractivity contribution in [2.45, 2.75) is 43.9 Å². The van der Waals surface area contributed by atoms with Crippen LogP contribution in [0.1, 0.15) is 25.7 Å². The van der Waals surface area contributed by atoms with Crippen molar-refractivity contribution in [2.75, 3.05) is 19.6 Å². The summed E-state index contributed by atoms with van der Waals surface area (Å²) in [5.41, 5.74) is 0. The minimum atomic E-state index is 0. The molecule has 18 heavy (non-hydrogen) atoms. The highest BCUT2D eigenvalue weighted by Crippen LogP contribution is 2.24. The zero-order chi connectivity index (χ0) is 11.0. The molecule has 5 nitrogen and oxygen atoms in total. The number of carbonyl (C=O) groups is 1. The van der Waals surface area contributed by atoms with E-state index in [1.54, 1.807) is 0 Å². The standard InChI is InChI=1S/C11H20N4O.2ClH/c16-11-14-9-2-1-5-13-10(9)15(11)8-3-6-12-7-4-8;;/h8-10,12-13H,1-7H2,(H,14,16);2*1H. The first-order valence-corrected chi connectivity index (χ1v) is 6.39. The van der Waals surface area contributed by atoms with Crippen LogP contribution in [0.3, 0.4) is 0 Å². The number of halogens is 2. The van der Waals surface area contributed by atoms with E-state index in [-0.39, 0.29) is 37.0 Å². The van der Waals surface area contributed by atoms with Gasteiger partial charge in [0.05, 0.1) is 6.04 Å². The highest BCUT2D eigenvalue weighted by atomic mass is 35.5. The first-order valence-electron chi connectivity index (χ1n) is 6.39. The molecule has 0 aliphatic carbocycles. The molecule has 3 rings (SSSR count). The summed E-state index contributed by atoms with van der Waals surface area (Å²) < 4.78 is 0. The van der Waals surface area contributed by atoms with Crippen LogP contribution in [0.2, 0.25) is 0 Å². The molecule has 0 radical (unpaired) electrons. The van der Waals surface area contributed by atoms with E-state index in [0.29, 0.717) is 12.1 Å². The number of hydrogen-bond donors (Lipinski definition) is 3. The summed E-state index contributed by atoms with van der Waals surface area (Å²) in [6, 6.07) is 0.884. The Kier molecular flexibility index (Phi) is 5.98. The van der Waals surface area contributed by atoms with Gasteiger partial charge < -0.3 is 15.5 Å². The minimum Gasteiger partial charge on any atom is -0.332 e. The van der Waals surface area contributed by atoms with Crippen molar-refractivity contribution in [2.24, 2.45) is 0 Å². The summed E-state index contributed by atoms with van der Waals surface area (Å²) in [7, 11) is 0. The van der Waals surface area contributed by atoms with Crippen LogP contribution >= 0.6 is 24.8 Å². The SMILES string of the molecule is Cl.Cl.O=C1NC2CCCNC2N1C1CCNCC1. The molecule has 0 aromatic rings. The van der Waals surface area contributed by atoms with Gasteiger partial charge in [0, 0.05) is 6.04 Å². The van der Waals surface area contributed by atoms with Crippen LogP contribution in [-0.4, -0.2) is 48.8 Å². The van der Waals surface area contributed by atoms with Crippen molar-refractivity contribution in [3.63, 3.8) is 0 Å². The Balaban J connectivity index is 0.000000810. The normalized spacial score (nSPS) is 32.0. The molecule has 3 heterocycles. The summed E-state index contributed by atoms with van der Waals surface area (Å²) in [5, 5.41) is 9.93. The van der Waals surface area contributed by atoms with E-state index in [1.165, 1.54) is 6.42 Å². The number of hydrogen-bond acceptors (Lipinski definition) is 3. The van der Waals surface area contributed by atoms with Gasteiger partial charge in [0.2, 0.25) is 0 Å². The molecular weight excluding hydrogens is 275 g/mol. The number of nitrogens with one attached hydrogen (secondary N) is 3. The third-order valence-corrected chi connectivity index (χ3v) is 3.97.